The van der Waals surface area contributed by atoms with E-state index >= 15 is 0 Å². The van der Waals surface area contributed by atoms with Crippen LogP contribution in [0.2, 0.25) is 10.0 Å². The number of anilines is 2. The maximum atomic E-state index is 6.06. The molecule has 4 nitrogen and oxygen atoms in total. The summed E-state index contributed by atoms with van der Waals surface area (Å²) in [7, 11) is 0. The van der Waals surface area contributed by atoms with Gasteiger partial charge in [-0.1, -0.05) is 36.0 Å². The fourth-order valence-electron chi connectivity index (χ4n) is 1.93. The second kappa shape index (κ2) is 5.08. The van der Waals surface area contributed by atoms with Crippen LogP contribution < -0.4 is 16.6 Å². The Morgan fingerprint density at radius 1 is 1.19 bits per heavy atom. The molecule has 0 amide bonds. The Hall–Kier alpha value is -0.710. The van der Waals surface area contributed by atoms with Gasteiger partial charge < -0.3 is 10.7 Å². The molecule has 1 heterocycles. The standard InChI is InChI=1S/C10H14Cl2N4/c11-7-5-8(12)10(16-13)15-9(7)14-6-3-1-2-4-6/h5-6H,1-4,13H2,(H2,14,15,16). The van der Waals surface area contributed by atoms with Crippen molar-refractivity contribution >= 4 is 34.8 Å². The predicted octanol–water partition coefficient (Wildman–Crippen LogP) is 3.03. The zero-order valence-corrected chi connectivity index (χ0v) is 10.3. The van der Waals surface area contributed by atoms with Crippen molar-refractivity contribution in [2.24, 2.45) is 5.84 Å². The van der Waals surface area contributed by atoms with Gasteiger partial charge in [0.25, 0.3) is 0 Å². The van der Waals surface area contributed by atoms with Crippen molar-refractivity contribution in [2.45, 2.75) is 31.7 Å². The van der Waals surface area contributed by atoms with E-state index in [1.54, 1.807) is 6.07 Å². The van der Waals surface area contributed by atoms with Crippen molar-refractivity contribution in [1.29, 1.82) is 0 Å². The first-order chi connectivity index (χ1) is 7.70. The summed E-state index contributed by atoms with van der Waals surface area (Å²) in [4.78, 5) is 4.24. The molecule has 6 heteroatoms. The number of nitrogens with zero attached hydrogens (tertiary/aromatic N) is 1. The number of halogens is 2. The van der Waals surface area contributed by atoms with Gasteiger partial charge in [-0.05, 0) is 18.9 Å². The first kappa shape index (κ1) is 11.8. The molecule has 0 aromatic carbocycles. The monoisotopic (exact) mass is 260 g/mol. The lowest BCUT2D eigenvalue weighted by atomic mass is 10.2. The quantitative estimate of drug-likeness (QED) is 0.578. The molecule has 0 bridgehead atoms. The summed E-state index contributed by atoms with van der Waals surface area (Å²) in [6.45, 7) is 0. The van der Waals surface area contributed by atoms with Gasteiger partial charge in [0.1, 0.15) is 5.82 Å². The van der Waals surface area contributed by atoms with Crippen LogP contribution in [0.25, 0.3) is 0 Å². The molecule has 0 aliphatic heterocycles. The number of rotatable bonds is 3. The van der Waals surface area contributed by atoms with E-state index in [0.29, 0.717) is 27.7 Å². The number of pyridine rings is 1. The Bertz CT molecular complexity index is 377. The summed E-state index contributed by atoms with van der Waals surface area (Å²) in [6.07, 6.45) is 4.83. The fourth-order valence-corrected chi connectivity index (χ4v) is 2.40. The molecule has 0 spiro atoms. The van der Waals surface area contributed by atoms with Crippen molar-refractivity contribution in [3.63, 3.8) is 0 Å². The molecule has 0 atom stereocenters. The third-order valence-corrected chi connectivity index (χ3v) is 3.34. The first-order valence-corrected chi connectivity index (χ1v) is 6.05. The summed E-state index contributed by atoms with van der Waals surface area (Å²) in [5, 5.41) is 4.26. The summed E-state index contributed by atoms with van der Waals surface area (Å²) >= 11 is 12.0. The number of hydrogen-bond acceptors (Lipinski definition) is 4. The molecule has 1 aromatic heterocycles. The van der Waals surface area contributed by atoms with Crippen molar-refractivity contribution in [2.75, 3.05) is 10.7 Å². The van der Waals surface area contributed by atoms with E-state index in [1.807, 2.05) is 0 Å². The SMILES string of the molecule is NNc1nc(NC2CCCC2)c(Cl)cc1Cl. The molecule has 1 saturated carbocycles. The Kier molecular flexibility index (Phi) is 3.74. The Balaban J connectivity index is 2.18. The van der Waals surface area contributed by atoms with E-state index in [-0.39, 0.29) is 0 Å². The summed E-state index contributed by atoms with van der Waals surface area (Å²) in [5.41, 5.74) is 2.45. The lowest BCUT2D eigenvalue weighted by Crippen LogP contribution is -2.17. The smallest absolute Gasteiger partial charge is 0.161 e. The maximum absolute atomic E-state index is 6.06. The molecule has 4 N–H and O–H groups in total. The largest absolute Gasteiger partial charge is 0.366 e. The van der Waals surface area contributed by atoms with E-state index < -0.39 is 0 Å². The van der Waals surface area contributed by atoms with Gasteiger partial charge in [-0.3, -0.25) is 0 Å². The van der Waals surface area contributed by atoms with Crippen LogP contribution in [0.5, 0.6) is 0 Å². The Morgan fingerprint density at radius 2 is 1.81 bits per heavy atom. The summed E-state index contributed by atoms with van der Waals surface area (Å²) in [5.74, 6) is 6.39. The average molecular weight is 261 g/mol. The van der Waals surface area contributed by atoms with Crippen LogP contribution >= 0.6 is 23.2 Å². The Labute approximate surface area is 104 Å². The number of aromatic nitrogens is 1. The summed E-state index contributed by atoms with van der Waals surface area (Å²) in [6, 6.07) is 2.10. The second-order valence-electron chi connectivity index (χ2n) is 3.92. The van der Waals surface area contributed by atoms with Gasteiger partial charge in [-0.15, -0.1) is 0 Å². The highest BCUT2D eigenvalue weighted by molar-refractivity contribution is 6.37. The van der Waals surface area contributed by atoms with Crippen molar-refractivity contribution < 1.29 is 0 Å². The zero-order chi connectivity index (χ0) is 11.5. The van der Waals surface area contributed by atoms with Crippen LogP contribution in [0.15, 0.2) is 6.07 Å². The molecule has 1 aromatic rings. The van der Waals surface area contributed by atoms with Crippen LogP contribution in [-0.4, -0.2) is 11.0 Å². The van der Waals surface area contributed by atoms with Gasteiger partial charge in [0.2, 0.25) is 0 Å². The van der Waals surface area contributed by atoms with E-state index in [2.05, 4.69) is 15.7 Å². The van der Waals surface area contributed by atoms with Gasteiger partial charge in [-0.25, -0.2) is 10.8 Å². The van der Waals surface area contributed by atoms with Crippen LogP contribution in [0.3, 0.4) is 0 Å². The minimum absolute atomic E-state index is 0.421. The van der Waals surface area contributed by atoms with Crippen molar-refractivity contribution in [1.82, 2.24) is 4.98 Å². The molecule has 1 aliphatic rings. The van der Waals surface area contributed by atoms with E-state index in [4.69, 9.17) is 29.0 Å². The van der Waals surface area contributed by atoms with E-state index in [0.717, 1.165) is 12.8 Å². The minimum atomic E-state index is 0.421. The molecule has 1 aliphatic carbocycles. The zero-order valence-electron chi connectivity index (χ0n) is 8.76. The molecule has 0 saturated heterocycles. The summed E-state index contributed by atoms with van der Waals surface area (Å²) < 4.78 is 0. The van der Waals surface area contributed by atoms with Gasteiger partial charge in [0.05, 0.1) is 10.0 Å². The first-order valence-electron chi connectivity index (χ1n) is 5.30. The number of nitrogens with one attached hydrogen (secondary N) is 2. The molecule has 88 valence electrons. The number of nitrogens with two attached hydrogens (primary N) is 1. The lowest BCUT2D eigenvalue weighted by Gasteiger charge is -2.15. The molecular weight excluding hydrogens is 247 g/mol. The van der Waals surface area contributed by atoms with Gasteiger partial charge in [0, 0.05) is 6.04 Å². The van der Waals surface area contributed by atoms with E-state index in [9.17, 15) is 0 Å². The highest BCUT2D eigenvalue weighted by Crippen LogP contribution is 2.31. The van der Waals surface area contributed by atoms with Gasteiger partial charge >= 0.3 is 0 Å². The average Bonchev–Trinajstić information content (AvgIpc) is 2.75. The molecule has 0 radical (unpaired) electrons. The van der Waals surface area contributed by atoms with Crippen LogP contribution in [-0.2, 0) is 0 Å². The van der Waals surface area contributed by atoms with Crippen molar-refractivity contribution in [3.8, 4) is 0 Å². The van der Waals surface area contributed by atoms with Crippen molar-refractivity contribution in [3.05, 3.63) is 16.1 Å². The third-order valence-electron chi connectivity index (χ3n) is 2.76. The third kappa shape index (κ3) is 2.51. The number of hydrogen-bond donors (Lipinski definition) is 3. The van der Waals surface area contributed by atoms with Crippen LogP contribution in [0.4, 0.5) is 11.6 Å². The highest BCUT2D eigenvalue weighted by Gasteiger charge is 2.17. The highest BCUT2D eigenvalue weighted by atomic mass is 35.5. The molecule has 2 rings (SSSR count). The molecule has 1 fully saturated rings. The normalized spacial score (nSPS) is 16.4. The topological polar surface area (TPSA) is 63.0 Å². The van der Waals surface area contributed by atoms with Gasteiger partial charge in [0.15, 0.2) is 5.82 Å². The molecule has 16 heavy (non-hydrogen) atoms. The van der Waals surface area contributed by atoms with Crippen LogP contribution in [0, 0.1) is 0 Å². The van der Waals surface area contributed by atoms with Gasteiger partial charge in [-0.2, -0.15) is 0 Å². The maximum Gasteiger partial charge on any atom is 0.161 e. The second-order valence-corrected chi connectivity index (χ2v) is 4.73. The van der Waals surface area contributed by atoms with Crippen LogP contribution in [0.1, 0.15) is 25.7 Å². The fraction of sp³-hybridized carbons (Fsp3) is 0.500. The Morgan fingerprint density at radius 3 is 2.44 bits per heavy atom. The minimum Gasteiger partial charge on any atom is -0.366 e. The molecule has 0 unspecified atom stereocenters. The predicted molar refractivity (Wildman–Crippen MR) is 67.9 cm³/mol. The number of nitrogen functional groups attached to an aromatic ring is 1. The van der Waals surface area contributed by atoms with E-state index in [1.165, 1.54) is 12.8 Å². The molecular formula is C10H14Cl2N4. The number of hydrazine groups is 1. The lowest BCUT2D eigenvalue weighted by molar-refractivity contribution is 0.751.